The molecule has 2 aromatic carbocycles. The molecule has 0 heterocycles. The monoisotopic (exact) mass is 282 g/mol. The molecule has 2 aromatic rings. The van der Waals surface area contributed by atoms with Gasteiger partial charge in [0.25, 0.3) is 0 Å². The number of benzene rings is 2. The van der Waals surface area contributed by atoms with Crippen molar-refractivity contribution < 1.29 is 9.47 Å². The van der Waals surface area contributed by atoms with E-state index in [0.717, 1.165) is 29.9 Å². The Balaban J connectivity index is 2.42. The summed E-state index contributed by atoms with van der Waals surface area (Å²) < 4.78 is 10.9. The average molecular weight is 282 g/mol. The van der Waals surface area contributed by atoms with E-state index in [1.807, 2.05) is 24.3 Å². The molecule has 2 heteroatoms. The molecule has 0 aromatic heterocycles. The maximum atomic E-state index is 5.52. The lowest BCUT2D eigenvalue weighted by Crippen LogP contribution is -1.97. The van der Waals surface area contributed by atoms with Gasteiger partial charge in [0.15, 0.2) is 0 Å². The first kappa shape index (κ1) is 15.2. The highest BCUT2D eigenvalue weighted by Gasteiger charge is 2.09. The Morgan fingerprint density at radius 3 is 2.33 bits per heavy atom. The third-order valence-corrected chi connectivity index (χ3v) is 3.43. The van der Waals surface area contributed by atoms with Crippen molar-refractivity contribution in [3.8, 4) is 11.5 Å². The summed E-state index contributed by atoms with van der Waals surface area (Å²) in [6.45, 7) is 2.17. The molecule has 0 aliphatic rings. The summed E-state index contributed by atoms with van der Waals surface area (Å²) in [7, 11) is 3.39. The minimum absolute atomic E-state index is 0.819. The van der Waals surface area contributed by atoms with Gasteiger partial charge < -0.3 is 9.47 Å². The highest BCUT2D eigenvalue weighted by atomic mass is 16.5. The van der Waals surface area contributed by atoms with Crippen molar-refractivity contribution in [2.45, 2.75) is 19.8 Å². The summed E-state index contributed by atoms with van der Waals surface area (Å²) >= 11 is 0. The van der Waals surface area contributed by atoms with Gasteiger partial charge >= 0.3 is 0 Å². The first-order valence-electron chi connectivity index (χ1n) is 7.26. The smallest absolute Gasteiger partial charge is 0.126 e. The van der Waals surface area contributed by atoms with Gasteiger partial charge in [0.2, 0.25) is 0 Å². The summed E-state index contributed by atoms with van der Waals surface area (Å²) in [5.41, 5.74) is 3.56. The van der Waals surface area contributed by atoms with Crippen molar-refractivity contribution in [2.75, 3.05) is 14.2 Å². The molecule has 21 heavy (non-hydrogen) atoms. The van der Waals surface area contributed by atoms with E-state index in [4.69, 9.17) is 9.47 Å². The van der Waals surface area contributed by atoms with E-state index in [1.165, 1.54) is 11.1 Å². The molecule has 0 radical (unpaired) electrons. The first-order chi connectivity index (χ1) is 10.3. The fourth-order valence-electron chi connectivity index (χ4n) is 2.36. The molecule has 0 N–H and O–H groups in total. The maximum absolute atomic E-state index is 5.52. The van der Waals surface area contributed by atoms with Crippen LogP contribution in [0.3, 0.4) is 0 Å². The number of ether oxygens (including phenoxy) is 2. The molecule has 0 atom stereocenters. The van der Waals surface area contributed by atoms with Gasteiger partial charge in [-0.2, -0.15) is 0 Å². The molecule has 2 nitrogen and oxygen atoms in total. The van der Waals surface area contributed by atoms with Gasteiger partial charge in [-0.15, -0.1) is 0 Å². The van der Waals surface area contributed by atoms with E-state index in [-0.39, 0.29) is 0 Å². The normalized spacial score (nSPS) is 10.8. The average Bonchev–Trinajstić information content (AvgIpc) is 2.54. The summed E-state index contributed by atoms with van der Waals surface area (Å²) in [5, 5.41) is 0. The fraction of sp³-hybridized carbons (Fsp3) is 0.263. The van der Waals surface area contributed by atoms with Gasteiger partial charge in [-0.1, -0.05) is 55.8 Å². The maximum Gasteiger partial charge on any atom is 0.126 e. The Hall–Kier alpha value is -2.22. The third-order valence-electron chi connectivity index (χ3n) is 3.43. The molecule has 0 unspecified atom stereocenters. The van der Waals surface area contributed by atoms with E-state index in [0.29, 0.717) is 0 Å². The van der Waals surface area contributed by atoms with Crippen molar-refractivity contribution in [1.82, 2.24) is 0 Å². The summed E-state index contributed by atoms with van der Waals surface area (Å²) in [6, 6.07) is 14.3. The topological polar surface area (TPSA) is 18.5 Å². The molecule has 2 rings (SSSR count). The van der Waals surface area contributed by atoms with Crippen LogP contribution in [0.15, 0.2) is 42.5 Å². The van der Waals surface area contributed by atoms with Gasteiger partial charge in [0, 0.05) is 11.6 Å². The minimum Gasteiger partial charge on any atom is -0.497 e. The van der Waals surface area contributed by atoms with Crippen LogP contribution < -0.4 is 9.47 Å². The Morgan fingerprint density at radius 1 is 0.952 bits per heavy atom. The zero-order valence-electron chi connectivity index (χ0n) is 12.9. The first-order valence-corrected chi connectivity index (χ1v) is 7.26. The number of rotatable bonds is 6. The standard InChI is InChI=1S/C19H22O2/c1-4-8-18-16(12-11-15-9-6-5-7-10-15)13-17(20-2)14-19(18)21-3/h5-7,9-14H,4,8H2,1-3H3. The van der Waals surface area contributed by atoms with Crippen LogP contribution in [0.1, 0.15) is 30.0 Å². The minimum atomic E-state index is 0.819. The van der Waals surface area contributed by atoms with Gasteiger partial charge in [0.05, 0.1) is 14.2 Å². The van der Waals surface area contributed by atoms with Gasteiger partial charge in [-0.05, 0) is 23.6 Å². The van der Waals surface area contributed by atoms with E-state index >= 15 is 0 Å². The highest BCUT2D eigenvalue weighted by Crippen LogP contribution is 2.31. The van der Waals surface area contributed by atoms with Crippen molar-refractivity contribution in [1.29, 1.82) is 0 Å². The SMILES string of the molecule is CCCc1c(C=Cc2ccccc2)cc(OC)cc1OC. The lowest BCUT2D eigenvalue weighted by molar-refractivity contribution is 0.390. The Kier molecular flexibility index (Phi) is 5.44. The van der Waals surface area contributed by atoms with Crippen molar-refractivity contribution in [3.05, 3.63) is 59.2 Å². The number of hydrogen-bond donors (Lipinski definition) is 0. The zero-order valence-corrected chi connectivity index (χ0v) is 12.9. The van der Waals surface area contributed by atoms with E-state index < -0.39 is 0 Å². The van der Waals surface area contributed by atoms with Crippen LogP contribution in [0.4, 0.5) is 0 Å². The molecule has 0 aliphatic heterocycles. The molecule has 0 spiro atoms. The van der Waals surface area contributed by atoms with Crippen LogP contribution in [0.2, 0.25) is 0 Å². The molecule has 0 saturated heterocycles. The Bertz CT molecular complexity index is 600. The molecule has 110 valence electrons. The zero-order chi connectivity index (χ0) is 15.1. The van der Waals surface area contributed by atoms with Crippen LogP contribution in [0, 0.1) is 0 Å². The van der Waals surface area contributed by atoms with Crippen molar-refractivity contribution in [3.63, 3.8) is 0 Å². The Morgan fingerprint density at radius 2 is 1.71 bits per heavy atom. The molecule has 0 bridgehead atoms. The van der Waals surface area contributed by atoms with Crippen molar-refractivity contribution >= 4 is 12.2 Å². The van der Waals surface area contributed by atoms with E-state index in [9.17, 15) is 0 Å². The highest BCUT2D eigenvalue weighted by molar-refractivity contribution is 5.73. The number of hydrogen-bond acceptors (Lipinski definition) is 2. The van der Waals surface area contributed by atoms with E-state index in [1.54, 1.807) is 14.2 Å². The van der Waals surface area contributed by atoms with Gasteiger partial charge in [-0.25, -0.2) is 0 Å². The molecular weight excluding hydrogens is 260 g/mol. The Labute approximate surface area is 127 Å². The van der Waals surface area contributed by atoms with Crippen molar-refractivity contribution in [2.24, 2.45) is 0 Å². The molecule has 0 saturated carbocycles. The fourth-order valence-corrected chi connectivity index (χ4v) is 2.36. The van der Waals surface area contributed by atoms with Crippen LogP contribution in [-0.4, -0.2) is 14.2 Å². The summed E-state index contributed by atoms with van der Waals surface area (Å²) in [4.78, 5) is 0. The van der Waals surface area contributed by atoms with Gasteiger partial charge in [-0.3, -0.25) is 0 Å². The number of methoxy groups -OCH3 is 2. The molecule has 0 amide bonds. The summed E-state index contributed by atoms with van der Waals surface area (Å²) in [6.07, 6.45) is 6.31. The predicted molar refractivity (Wildman–Crippen MR) is 88.9 cm³/mol. The van der Waals surface area contributed by atoms with Crippen LogP contribution in [0.5, 0.6) is 11.5 Å². The second kappa shape index (κ2) is 7.53. The van der Waals surface area contributed by atoms with Crippen LogP contribution in [-0.2, 0) is 6.42 Å². The lowest BCUT2D eigenvalue weighted by Gasteiger charge is -2.13. The lowest BCUT2D eigenvalue weighted by atomic mass is 10.00. The second-order valence-corrected chi connectivity index (χ2v) is 4.89. The quantitative estimate of drug-likeness (QED) is 0.707. The van der Waals surface area contributed by atoms with Gasteiger partial charge in [0.1, 0.15) is 11.5 Å². The molecular formula is C19H22O2. The van der Waals surface area contributed by atoms with Crippen LogP contribution >= 0.6 is 0 Å². The molecule has 0 aliphatic carbocycles. The second-order valence-electron chi connectivity index (χ2n) is 4.89. The molecule has 0 fully saturated rings. The van der Waals surface area contributed by atoms with Crippen LogP contribution in [0.25, 0.3) is 12.2 Å². The summed E-state index contributed by atoms with van der Waals surface area (Å²) in [5.74, 6) is 1.71. The predicted octanol–water partition coefficient (Wildman–Crippen LogP) is 4.83. The largest absolute Gasteiger partial charge is 0.497 e. The third kappa shape index (κ3) is 3.88. The van der Waals surface area contributed by atoms with E-state index in [2.05, 4.69) is 37.3 Å².